The first-order chi connectivity index (χ1) is 7.49. The third-order valence-electron chi connectivity index (χ3n) is 1.98. The maximum atomic E-state index is 11.3. The fourth-order valence-electron chi connectivity index (χ4n) is 0.981. The molecule has 0 saturated heterocycles. The number of urea groups is 1. The zero-order valence-electron chi connectivity index (χ0n) is 9.35. The lowest BCUT2D eigenvalue weighted by molar-refractivity contribution is -0.146. The second-order valence-electron chi connectivity index (χ2n) is 3.39. The van der Waals surface area contributed by atoms with E-state index >= 15 is 0 Å². The van der Waals surface area contributed by atoms with Crippen molar-refractivity contribution < 1.29 is 19.8 Å². The van der Waals surface area contributed by atoms with Crippen LogP contribution in [0.25, 0.3) is 0 Å². The van der Waals surface area contributed by atoms with Crippen LogP contribution in [0, 0.1) is 0 Å². The number of aliphatic hydroxyl groups excluding tert-OH is 1. The van der Waals surface area contributed by atoms with Crippen LogP contribution in [0.5, 0.6) is 0 Å². The largest absolute Gasteiger partial charge is 0.479 e. The minimum Gasteiger partial charge on any atom is -0.479 e. The molecule has 1 atom stereocenters. The van der Waals surface area contributed by atoms with Crippen LogP contribution >= 0.6 is 0 Å². The highest BCUT2D eigenvalue weighted by molar-refractivity contribution is 5.76. The summed E-state index contributed by atoms with van der Waals surface area (Å²) in [6.07, 6.45) is 1.81. The lowest BCUT2D eigenvalue weighted by atomic mass is 10.3. The van der Waals surface area contributed by atoms with E-state index in [1.165, 1.54) is 4.90 Å². The smallest absolute Gasteiger partial charge is 0.334 e. The summed E-state index contributed by atoms with van der Waals surface area (Å²) in [7, 11) is 1.60. The maximum absolute atomic E-state index is 11.3. The molecule has 0 aliphatic heterocycles. The molecule has 1 unspecified atom stereocenters. The van der Waals surface area contributed by atoms with Crippen molar-refractivity contribution in [1.29, 1.82) is 0 Å². The quantitative estimate of drug-likeness (QED) is 0.425. The molecule has 0 aromatic rings. The molecule has 0 aliphatic rings. The summed E-state index contributed by atoms with van der Waals surface area (Å²) in [5, 5.41) is 19.6. The van der Waals surface area contributed by atoms with Crippen molar-refractivity contribution in [3.05, 3.63) is 12.7 Å². The van der Waals surface area contributed by atoms with E-state index in [9.17, 15) is 9.59 Å². The van der Waals surface area contributed by atoms with Gasteiger partial charge < -0.3 is 20.4 Å². The highest BCUT2D eigenvalue weighted by atomic mass is 16.4. The van der Waals surface area contributed by atoms with Crippen LogP contribution in [0.4, 0.5) is 4.79 Å². The number of hydrogen-bond donors (Lipinski definition) is 3. The standard InChI is InChI=1S/C10H18N2O4/c1-3-4-5-6-12(2)10(16)11-7-8(13)9(14)15/h3,8,13H,1,4-7H2,2H3,(H,11,16)(H,14,15). The van der Waals surface area contributed by atoms with Crippen molar-refractivity contribution in [1.82, 2.24) is 10.2 Å². The van der Waals surface area contributed by atoms with Gasteiger partial charge in [0.2, 0.25) is 0 Å². The summed E-state index contributed by atoms with van der Waals surface area (Å²) < 4.78 is 0. The Hall–Kier alpha value is -1.56. The topological polar surface area (TPSA) is 89.9 Å². The Balaban J connectivity index is 3.78. The van der Waals surface area contributed by atoms with E-state index in [4.69, 9.17) is 10.2 Å². The third-order valence-corrected chi connectivity index (χ3v) is 1.98. The fourth-order valence-corrected chi connectivity index (χ4v) is 0.981. The molecule has 0 fully saturated rings. The number of carboxylic acids is 1. The molecule has 0 spiro atoms. The molecule has 3 N–H and O–H groups in total. The SMILES string of the molecule is C=CCCCN(C)C(=O)NCC(O)C(=O)O. The Labute approximate surface area is 94.6 Å². The molecular weight excluding hydrogens is 212 g/mol. The van der Waals surface area contributed by atoms with Gasteiger partial charge in [-0.15, -0.1) is 6.58 Å². The molecule has 0 aliphatic carbocycles. The summed E-state index contributed by atoms with van der Waals surface area (Å²) in [5.41, 5.74) is 0. The van der Waals surface area contributed by atoms with E-state index in [0.29, 0.717) is 6.54 Å². The van der Waals surface area contributed by atoms with Crippen molar-refractivity contribution in [3.63, 3.8) is 0 Å². The van der Waals surface area contributed by atoms with Crippen LogP contribution in [-0.2, 0) is 4.79 Å². The molecule has 6 heteroatoms. The lowest BCUT2D eigenvalue weighted by Gasteiger charge is -2.18. The lowest BCUT2D eigenvalue weighted by Crippen LogP contribution is -2.43. The van der Waals surface area contributed by atoms with E-state index < -0.39 is 18.1 Å². The Bertz CT molecular complexity index is 255. The number of carbonyl (C=O) groups is 2. The first kappa shape index (κ1) is 14.4. The van der Waals surface area contributed by atoms with Crippen molar-refractivity contribution >= 4 is 12.0 Å². The predicted molar refractivity (Wildman–Crippen MR) is 59.1 cm³/mol. The highest BCUT2D eigenvalue weighted by Crippen LogP contribution is 1.94. The summed E-state index contributed by atoms with van der Waals surface area (Å²) in [6, 6.07) is -0.399. The third kappa shape index (κ3) is 6.02. The predicted octanol–water partition coefficient (Wildman–Crippen LogP) is 0.0395. The number of aliphatic carboxylic acids is 1. The number of aliphatic hydroxyl groups is 1. The number of unbranched alkanes of at least 4 members (excludes halogenated alkanes) is 1. The van der Waals surface area contributed by atoms with E-state index in [2.05, 4.69) is 11.9 Å². The fraction of sp³-hybridized carbons (Fsp3) is 0.600. The molecule has 0 radical (unpaired) electrons. The van der Waals surface area contributed by atoms with Gasteiger partial charge >= 0.3 is 12.0 Å². The van der Waals surface area contributed by atoms with Crippen LogP contribution in [0.2, 0.25) is 0 Å². The van der Waals surface area contributed by atoms with Crippen LogP contribution in [-0.4, -0.2) is 53.4 Å². The van der Waals surface area contributed by atoms with Gasteiger partial charge in [-0.1, -0.05) is 6.08 Å². The molecule has 0 aromatic heterocycles. The van der Waals surface area contributed by atoms with Gasteiger partial charge in [-0.2, -0.15) is 0 Å². The summed E-state index contributed by atoms with van der Waals surface area (Å²) >= 11 is 0. The number of allylic oxidation sites excluding steroid dienone is 1. The Morgan fingerprint density at radius 3 is 2.69 bits per heavy atom. The van der Waals surface area contributed by atoms with Gasteiger partial charge in [-0.3, -0.25) is 0 Å². The number of hydrogen-bond acceptors (Lipinski definition) is 3. The van der Waals surface area contributed by atoms with Gasteiger partial charge in [0.1, 0.15) is 0 Å². The number of amides is 2. The van der Waals surface area contributed by atoms with Crippen LogP contribution < -0.4 is 5.32 Å². The monoisotopic (exact) mass is 230 g/mol. The number of rotatable bonds is 7. The molecule has 16 heavy (non-hydrogen) atoms. The number of carboxylic acid groups (broad SMARTS) is 1. The normalized spacial score (nSPS) is 11.6. The number of carbonyl (C=O) groups excluding carboxylic acids is 1. The average Bonchev–Trinajstić information content (AvgIpc) is 2.25. The van der Waals surface area contributed by atoms with Crippen LogP contribution in [0.15, 0.2) is 12.7 Å². The molecule has 0 aromatic carbocycles. The molecule has 0 saturated carbocycles. The first-order valence-electron chi connectivity index (χ1n) is 4.99. The Morgan fingerprint density at radius 2 is 2.19 bits per heavy atom. The zero-order valence-corrected chi connectivity index (χ0v) is 9.35. The second kappa shape index (κ2) is 7.70. The number of nitrogens with zero attached hydrogens (tertiary/aromatic N) is 1. The average molecular weight is 230 g/mol. The molecule has 6 nitrogen and oxygen atoms in total. The van der Waals surface area contributed by atoms with Gasteiger partial charge in [0.05, 0.1) is 6.54 Å². The van der Waals surface area contributed by atoms with E-state index in [1.807, 2.05) is 0 Å². The molecule has 0 bridgehead atoms. The van der Waals surface area contributed by atoms with E-state index in [1.54, 1.807) is 13.1 Å². The van der Waals surface area contributed by atoms with Gasteiger partial charge in [-0.05, 0) is 12.8 Å². The van der Waals surface area contributed by atoms with Gasteiger partial charge in [0, 0.05) is 13.6 Å². The van der Waals surface area contributed by atoms with Crippen molar-refractivity contribution in [3.8, 4) is 0 Å². The summed E-state index contributed by atoms with van der Waals surface area (Å²) in [5.74, 6) is -1.35. The highest BCUT2D eigenvalue weighted by Gasteiger charge is 2.15. The Morgan fingerprint density at radius 1 is 1.56 bits per heavy atom. The van der Waals surface area contributed by atoms with Crippen molar-refractivity contribution in [2.45, 2.75) is 18.9 Å². The zero-order chi connectivity index (χ0) is 12.6. The van der Waals surface area contributed by atoms with Crippen LogP contribution in [0.1, 0.15) is 12.8 Å². The van der Waals surface area contributed by atoms with Crippen molar-refractivity contribution in [2.24, 2.45) is 0 Å². The molecule has 2 amide bonds. The Kier molecular flexibility index (Phi) is 6.95. The maximum Gasteiger partial charge on any atom is 0.334 e. The summed E-state index contributed by atoms with van der Waals surface area (Å²) in [6.45, 7) is 3.83. The molecule has 0 heterocycles. The van der Waals surface area contributed by atoms with E-state index in [0.717, 1.165) is 12.8 Å². The van der Waals surface area contributed by atoms with Crippen molar-refractivity contribution in [2.75, 3.05) is 20.1 Å². The number of nitrogens with one attached hydrogen (secondary N) is 1. The van der Waals surface area contributed by atoms with Gasteiger partial charge in [0.25, 0.3) is 0 Å². The molecule has 92 valence electrons. The van der Waals surface area contributed by atoms with Gasteiger partial charge in [-0.25, -0.2) is 9.59 Å². The van der Waals surface area contributed by atoms with E-state index in [-0.39, 0.29) is 6.54 Å². The molecule has 0 rings (SSSR count). The van der Waals surface area contributed by atoms with Crippen LogP contribution in [0.3, 0.4) is 0 Å². The minimum absolute atomic E-state index is 0.292. The van der Waals surface area contributed by atoms with Gasteiger partial charge in [0.15, 0.2) is 6.10 Å². The summed E-state index contributed by atoms with van der Waals surface area (Å²) in [4.78, 5) is 23.0. The first-order valence-corrected chi connectivity index (χ1v) is 4.99. The second-order valence-corrected chi connectivity index (χ2v) is 3.39. The minimum atomic E-state index is -1.56. The molecular formula is C10H18N2O4.